The minimum Gasteiger partial charge on any atom is -0.763 e. The fourth-order valence-corrected chi connectivity index (χ4v) is 2.19. The minimum atomic E-state index is 0. The van der Waals surface area contributed by atoms with Gasteiger partial charge in [0.15, 0.2) is 0 Å². The summed E-state index contributed by atoms with van der Waals surface area (Å²) in [5, 5.41) is 10.6. The first-order valence-electron chi connectivity index (χ1n) is 7.26. The van der Waals surface area contributed by atoms with E-state index in [0.717, 1.165) is 11.8 Å². The molecule has 0 N–H and O–H groups in total. The molecule has 23 heavy (non-hydrogen) atoms. The zero-order valence-electron chi connectivity index (χ0n) is 13.4. The van der Waals surface area contributed by atoms with E-state index >= 15 is 0 Å². The molecule has 0 aromatic heterocycles. The third-order valence-corrected chi connectivity index (χ3v) is 3.22. The van der Waals surface area contributed by atoms with Crippen molar-refractivity contribution in [3.05, 3.63) is 94.2 Å². The largest absolute Gasteiger partial charge is 2.00 e. The van der Waals surface area contributed by atoms with Gasteiger partial charge in [-0.25, -0.2) is 12.1 Å². The maximum atomic E-state index is 8.75. The molecular weight excluding hydrogens is 324 g/mol. The van der Waals surface area contributed by atoms with Crippen LogP contribution in [0.15, 0.2) is 78.4 Å². The quantitative estimate of drug-likeness (QED) is 0.466. The standard InChI is InChI=1S/C15H15N2.C5H5.Fe/c1-17(2)11-13-5-8-15(9-13)14-6-3-12(10-16)4-7-14;1-2-4-5-3-1;/h3-9H,11H2,1-2H3;1-5H;/q2*-1;+2. The summed E-state index contributed by atoms with van der Waals surface area (Å²) in [7, 11) is 4.13. The first-order valence-corrected chi connectivity index (χ1v) is 7.26. The second kappa shape index (κ2) is 9.89. The molecule has 0 saturated heterocycles. The number of nitrogens with zero attached hydrogens (tertiary/aromatic N) is 2. The van der Waals surface area contributed by atoms with Gasteiger partial charge in [0.2, 0.25) is 0 Å². The topological polar surface area (TPSA) is 25.5 Å². The summed E-state index contributed by atoms with van der Waals surface area (Å²) in [5.74, 6) is 2.13. The van der Waals surface area contributed by atoms with Crippen LogP contribution >= 0.6 is 0 Å². The Morgan fingerprint density at radius 3 is 2.17 bits per heavy atom. The van der Waals surface area contributed by atoms with E-state index in [9.17, 15) is 0 Å². The van der Waals surface area contributed by atoms with Crippen LogP contribution in [-0.2, 0) is 17.1 Å². The molecule has 3 heteroatoms. The number of hydrogen-bond donors (Lipinski definition) is 0. The molecule has 0 bridgehead atoms. The molecule has 0 aliphatic heterocycles. The first-order chi connectivity index (χ1) is 10.7. The Labute approximate surface area is 148 Å². The van der Waals surface area contributed by atoms with E-state index in [-0.39, 0.29) is 17.1 Å². The second-order valence-electron chi connectivity index (χ2n) is 5.40. The summed E-state index contributed by atoms with van der Waals surface area (Å²) in [6.07, 6.45) is 6.47. The van der Waals surface area contributed by atoms with Crippen molar-refractivity contribution in [3.8, 4) is 0 Å². The molecule has 2 aromatic rings. The third-order valence-electron chi connectivity index (χ3n) is 3.22. The van der Waals surface area contributed by atoms with E-state index in [1.165, 1.54) is 11.1 Å². The van der Waals surface area contributed by atoms with Crippen molar-refractivity contribution in [2.45, 2.75) is 0 Å². The Morgan fingerprint density at radius 1 is 1.04 bits per heavy atom. The molecule has 2 aromatic carbocycles. The van der Waals surface area contributed by atoms with E-state index in [1.807, 2.05) is 54.6 Å². The number of rotatable bonds is 2. The summed E-state index contributed by atoms with van der Waals surface area (Å²) in [5.41, 5.74) is 2.53. The average Bonchev–Trinajstić information content (AvgIpc) is 3.21. The number of allylic oxidation sites excluding steroid dienone is 2. The van der Waals surface area contributed by atoms with Crippen LogP contribution in [0, 0.1) is 0 Å². The molecule has 3 rings (SSSR count). The molecule has 1 aliphatic rings. The maximum absolute atomic E-state index is 8.75. The minimum absolute atomic E-state index is 0. The van der Waals surface area contributed by atoms with Crippen molar-refractivity contribution >= 4 is 11.4 Å². The molecule has 0 spiro atoms. The average molecular weight is 344 g/mol. The molecule has 0 heterocycles. The van der Waals surface area contributed by atoms with Crippen molar-refractivity contribution in [3.63, 3.8) is 0 Å². The van der Waals surface area contributed by atoms with Crippen LogP contribution in [0.4, 0.5) is 0 Å². The third kappa shape index (κ3) is 6.32. The molecule has 0 amide bonds. The Bertz CT molecular complexity index is 752. The molecule has 0 fully saturated rings. The molecule has 118 valence electrons. The van der Waals surface area contributed by atoms with Crippen LogP contribution in [-0.4, -0.2) is 31.4 Å². The van der Waals surface area contributed by atoms with Crippen LogP contribution in [0.5, 0.6) is 0 Å². The van der Waals surface area contributed by atoms with Crippen molar-refractivity contribution < 1.29 is 17.1 Å². The van der Waals surface area contributed by atoms with Gasteiger partial charge in [-0.15, -0.1) is 0 Å². The predicted octanol–water partition coefficient (Wildman–Crippen LogP) is 2.21. The van der Waals surface area contributed by atoms with Crippen LogP contribution < -0.4 is 10.4 Å². The fraction of sp³-hybridized carbons (Fsp3) is 0.150. The molecule has 1 aliphatic carbocycles. The van der Waals surface area contributed by atoms with Gasteiger partial charge in [-0.2, -0.15) is 18.2 Å². The zero-order valence-corrected chi connectivity index (χ0v) is 14.5. The van der Waals surface area contributed by atoms with Gasteiger partial charge in [0, 0.05) is 6.54 Å². The number of hydrogen-bond acceptors (Lipinski definition) is 1. The van der Waals surface area contributed by atoms with Gasteiger partial charge in [0.25, 0.3) is 0 Å². The van der Waals surface area contributed by atoms with Crippen LogP contribution in [0.3, 0.4) is 0 Å². The van der Waals surface area contributed by atoms with Gasteiger partial charge in [-0.05, 0) is 53.9 Å². The Balaban J connectivity index is 0.000000377. The molecule has 0 saturated carbocycles. The van der Waals surface area contributed by atoms with Gasteiger partial charge in [0.1, 0.15) is 0 Å². The van der Waals surface area contributed by atoms with Crippen molar-refractivity contribution in [2.24, 2.45) is 0 Å². The summed E-state index contributed by atoms with van der Waals surface area (Å²) >= 11 is 0. The van der Waals surface area contributed by atoms with E-state index in [1.54, 1.807) is 0 Å². The Morgan fingerprint density at radius 2 is 1.70 bits per heavy atom. The molecule has 2 nitrogen and oxygen atoms in total. The summed E-state index contributed by atoms with van der Waals surface area (Å²) in [6, 6.07) is 17.7. The van der Waals surface area contributed by atoms with Gasteiger partial charge < -0.3 is 10.3 Å². The fourth-order valence-electron chi connectivity index (χ4n) is 2.19. The van der Waals surface area contributed by atoms with Gasteiger partial charge in [-0.3, -0.25) is 5.87 Å². The number of likely N-dealkylation sites (N-methyl/N-ethyl adjacent to an activating group) is 1. The predicted molar refractivity (Wildman–Crippen MR) is 94.4 cm³/mol. The van der Waals surface area contributed by atoms with Crippen LogP contribution in [0.1, 0.15) is 0 Å². The van der Waals surface area contributed by atoms with E-state index in [2.05, 4.69) is 43.1 Å². The molecule has 0 radical (unpaired) electrons. The monoisotopic (exact) mass is 344 g/mol. The van der Waals surface area contributed by atoms with E-state index in [4.69, 9.17) is 5.41 Å². The number of benzene rings is 1. The summed E-state index contributed by atoms with van der Waals surface area (Å²) in [4.78, 5) is 2.15. The molecule has 0 unspecified atom stereocenters. The Kier molecular flexibility index (Phi) is 8.18. The Hall–Kier alpha value is -2.02. The van der Waals surface area contributed by atoms with Crippen LogP contribution in [0.25, 0.3) is 11.0 Å². The molecule has 0 atom stereocenters. The van der Waals surface area contributed by atoms with Gasteiger partial charge >= 0.3 is 17.1 Å². The summed E-state index contributed by atoms with van der Waals surface area (Å²) in [6.45, 7) is 0.955. The van der Waals surface area contributed by atoms with Crippen molar-refractivity contribution in [1.29, 1.82) is 0 Å². The van der Waals surface area contributed by atoms with Crippen molar-refractivity contribution in [1.82, 2.24) is 4.90 Å². The van der Waals surface area contributed by atoms with Gasteiger partial charge in [-0.1, -0.05) is 24.3 Å². The SMILES string of the molecule is CN(C)CC1=CC(=c2ccc(=C=[N-])cc2)C=C1.[Fe+2].c1cc[cH-]c1. The second-order valence-corrected chi connectivity index (χ2v) is 5.40. The smallest absolute Gasteiger partial charge is 0.763 e. The molecular formula is C20H20FeN2. The van der Waals surface area contributed by atoms with E-state index < -0.39 is 0 Å². The zero-order chi connectivity index (χ0) is 15.8. The maximum Gasteiger partial charge on any atom is 2.00 e. The summed E-state index contributed by atoms with van der Waals surface area (Å²) < 4.78 is 0. The van der Waals surface area contributed by atoms with Gasteiger partial charge in [0.05, 0.1) is 0 Å². The van der Waals surface area contributed by atoms with E-state index in [0.29, 0.717) is 5.22 Å². The first kappa shape index (κ1) is 19.0. The van der Waals surface area contributed by atoms with Crippen LogP contribution in [0.2, 0.25) is 0 Å². The van der Waals surface area contributed by atoms with Crippen molar-refractivity contribution in [2.75, 3.05) is 20.6 Å². The normalized spacial score (nSPS) is 12.1.